The van der Waals surface area contributed by atoms with Crippen LogP contribution in [0.25, 0.3) is 33.2 Å². The number of aromatic amines is 2. The number of allylic oxidation sites excluding steroid dienone is 1. The molecular weight excluding hydrogens is 616 g/mol. The van der Waals surface area contributed by atoms with Crippen LogP contribution >= 0.6 is 0 Å². The highest BCUT2D eigenvalue weighted by Gasteiger charge is 2.52. The van der Waals surface area contributed by atoms with Crippen LogP contribution in [0.4, 0.5) is 0 Å². The number of aliphatic hydroxyl groups is 1. The Kier molecular flexibility index (Phi) is 8.08. The average molecular weight is 665 g/mol. The third-order valence-corrected chi connectivity index (χ3v) is 12.1. The molecule has 6 heterocycles. The van der Waals surface area contributed by atoms with Gasteiger partial charge in [0.25, 0.3) is 0 Å². The van der Waals surface area contributed by atoms with E-state index in [2.05, 4.69) is 62.8 Å². The molecule has 3 aliphatic heterocycles. The molecule has 0 amide bonds. The van der Waals surface area contributed by atoms with Crippen LogP contribution in [-0.4, -0.2) is 57.1 Å². The van der Waals surface area contributed by atoms with Gasteiger partial charge >= 0.3 is 5.97 Å². The van der Waals surface area contributed by atoms with E-state index in [-0.39, 0.29) is 23.7 Å². The quantitative estimate of drug-likeness (QED) is 0.230. The molecule has 0 radical (unpaired) electrons. The summed E-state index contributed by atoms with van der Waals surface area (Å²) in [5.41, 5.74) is 15.2. The second-order valence-corrected chi connectivity index (χ2v) is 14.7. The van der Waals surface area contributed by atoms with Crippen molar-refractivity contribution in [1.29, 1.82) is 0 Å². The Labute approximate surface area is 287 Å². The van der Waals surface area contributed by atoms with Crippen molar-refractivity contribution in [1.82, 2.24) is 19.9 Å². The van der Waals surface area contributed by atoms with Crippen LogP contribution < -0.4 is 0 Å². The smallest absolute Gasteiger partial charge is 0.305 e. The van der Waals surface area contributed by atoms with E-state index in [1.165, 1.54) is 18.2 Å². The molecule has 3 aromatic rings. The van der Waals surface area contributed by atoms with Gasteiger partial charge in [0.2, 0.25) is 5.79 Å². The molecule has 1 unspecified atom stereocenters. The zero-order chi connectivity index (χ0) is 34.2. The fourth-order valence-corrected chi connectivity index (χ4v) is 9.32. The Hall–Kier alpha value is -3.79. The van der Waals surface area contributed by atoms with Crippen LogP contribution in [0.15, 0.2) is 18.2 Å². The first kappa shape index (κ1) is 32.4. The number of aryl methyl sites for hydroxylation is 3. The molecule has 8 bridgehead atoms. The normalized spacial score (nSPS) is 22.1. The number of rotatable bonds is 6. The highest BCUT2D eigenvalue weighted by molar-refractivity contribution is 5.98. The van der Waals surface area contributed by atoms with Gasteiger partial charge in [0.1, 0.15) is 0 Å². The SMILES string of the molecule is CCc1c(C)c2cc3[nH]c(cc4nc(c5c6nc(cc1[nH]2)C(C)=C6C1(C5)OCCO1)[C@@H](CCC(=O)OC)[C@@H]4C)c(C)c3C(O)C1CCCC1. The van der Waals surface area contributed by atoms with Gasteiger partial charge in [0, 0.05) is 69.1 Å². The topological polar surface area (TPSA) is 122 Å². The van der Waals surface area contributed by atoms with Gasteiger partial charge in [-0.25, -0.2) is 4.98 Å². The molecule has 49 heavy (non-hydrogen) atoms. The van der Waals surface area contributed by atoms with E-state index in [1.807, 2.05) is 0 Å². The summed E-state index contributed by atoms with van der Waals surface area (Å²) in [6.45, 7) is 11.8. The summed E-state index contributed by atoms with van der Waals surface area (Å²) in [5, 5.41) is 11.9. The van der Waals surface area contributed by atoms with Crippen LogP contribution in [0.3, 0.4) is 0 Å². The summed E-state index contributed by atoms with van der Waals surface area (Å²) < 4.78 is 17.9. The maximum Gasteiger partial charge on any atom is 0.305 e. The van der Waals surface area contributed by atoms with Crippen molar-refractivity contribution in [2.45, 2.75) is 110 Å². The molecule has 3 N–H and O–H groups in total. The van der Waals surface area contributed by atoms with Gasteiger partial charge in [0.15, 0.2) is 0 Å². The van der Waals surface area contributed by atoms with E-state index in [0.29, 0.717) is 32.5 Å². The minimum atomic E-state index is -0.890. The highest BCUT2D eigenvalue weighted by Crippen LogP contribution is 2.53. The zero-order valence-corrected chi connectivity index (χ0v) is 29.6. The molecule has 9 heteroatoms. The standard InChI is InChI=1S/C40H48N4O5/c1-7-25-20(2)28-18-33-35(39(46)24-10-8-9-11-24)22(4)30(42-33)16-29-21(3)26(12-13-34(45)47-6)37(43-29)27-19-40(48-14-15-49-40)36-23(5)31(44-38(27)36)17-32(25)41-28/h16-18,21,24,26,39,41-42,46H,7-15,19H2,1-6H3/t21-,26-,39?/m0/s1. The maximum absolute atomic E-state index is 12.4. The second kappa shape index (κ2) is 12.2. The number of nitrogens with one attached hydrogen (secondary N) is 2. The lowest BCUT2D eigenvalue weighted by Crippen LogP contribution is -2.30. The maximum atomic E-state index is 12.4. The van der Waals surface area contributed by atoms with Gasteiger partial charge in [-0.15, -0.1) is 0 Å². The number of H-pyrrole nitrogens is 2. The molecule has 8 rings (SSSR count). The van der Waals surface area contributed by atoms with Crippen LogP contribution in [0, 0.1) is 19.8 Å². The third kappa shape index (κ3) is 5.11. The molecule has 1 saturated heterocycles. The van der Waals surface area contributed by atoms with Crippen molar-refractivity contribution in [2.75, 3.05) is 20.3 Å². The number of aromatic nitrogens is 4. The van der Waals surface area contributed by atoms with E-state index < -0.39 is 11.9 Å². The molecule has 3 atom stereocenters. The summed E-state index contributed by atoms with van der Waals surface area (Å²) >= 11 is 0. The number of nitrogens with zero attached hydrogens (tertiary/aromatic N) is 2. The molecule has 9 nitrogen and oxygen atoms in total. The fourth-order valence-electron chi connectivity index (χ4n) is 9.32. The second-order valence-electron chi connectivity index (χ2n) is 14.7. The summed E-state index contributed by atoms with van der Waals surface area (Å²) in [6, 6.07) is 6.51. The van der Waals surface area contributed by atoms with Gasteiger partial charge in [-0.2, -0.15) is 0 Å². The number of hydrogen-bond donors (Lipinski definition) is 3. The minimum Gasteiger partial charge on any atom is -0.469 e. The lowest BCUT2D eigenvalue weighted by atomic mass is 9.85. The van der Waals surface area contributed by atoms with Crippen LogP contribution in [0.5, 0.6) is 0 Å². The number of methoxy groups -OCH3 is 1. The Morgan fingerprint density at radius 2 is 1.73 bits per heavy atom. The van der Waals surface area contributed by atoms with E-state index in [9.17, 15) is 9.90 Å². The number of aliphatic hydroxyl groups excluding tert-OH is 1. The molecule has 258 valence electrons. The monoisotopic (exact) mass is 664 g/mol. The van der Waals surface area contributed by atoms with Gasteiger partial charge in [-0.3, -0.25) is 9.78 Å². The molecule has 0 aromatic carbocycles. The van der Waals surface area contributed by atoms with Gasteiger partial charge < -0.3 is 29.3 Å². The first-order chi connectivity index (χ1) is 23.6. The molecule has 2 fully saturated rings. The molecule has 2 aliphatic carbocycles. The molecular formula is C40H48N4O5. The Morgan fingerprint density at radius 1 is 1.02 bits per heavy atom. The van der Waals surface area contributed by atoms with Crippen molar-refractivity contribution < 1.29 is 24.1 Å². The zero-order valence-electron chi connectivity index (χ0n) is 29.6. The average Bonchev–Trinajstić information content (AvgIpc) is 3.95. The summed E-state index contributed by atoms with van der Waals surface area (Å²) in [4.78, 5) is 30.6. The number of esters is 1. The van der Waals surface area contributed by atoms with Crippen LogP contribution in [0.2, 0.25) is 0 Å². The number of hydrogen-bond acceptors (Lipinski definition) is 7. The molecule has 1 saturated carbocycles. The van der Waals surface area contributed by atoms with Gasteiger partial charge in [-0.05, 0) is 92.8 Å². The fraction of sp³-hybridized carbons (Fsp3) is 0.525. The van der Waals surface area contributed by atoms with Gasteiger partial charge in [0.05, 0.1) is 43.5 Å². The summed E-state index contributed by atoms with van der Waals surface area (Å²) in [7, 11) is 1.44. The Morgan fingerprint density at radius 3 is 2.45 bits per heavy atom. The van der Waals surface area contributed by atoms with Gasteiger partial charge in [-0.1, -0.05) is 26.7 Å². The minimum absolute atomic E-state index is 0.0189. The van der Waals surface area contributed by atoms with E-state index in [1.54, 1.807) is 0 Å². The number of fused-ring (bicyclic) bond motifs is 9. The third-order valence-electron chi connectivity index (χ3n) is 12.1. The highest BCUT2D eigenvalue weighted by atomic mass is 16.7. The number of ether oxygens (including phenoxy) is 3. The first-order valence-electron chi connectivity index (χ1n) is 18.1. The number of carbonyl (C=O) groups is 1. The first-order valence-corrected chi connectivity index (χ1v) is 18.1. The van der Waals surface area contributed by atoms with Crippen molar-refractivity contribution >= 4 is 39.2 Å². The van der Waals surface area contributed by atoms with Crippen LogP contribution in [-0.2, 0) is 31.8 Å². The molecule has 3 aromatic heterocycles. The predicted octanol–water partition coefficient (Wildman–Crippen LogP) is 7.79. The van der Waals surface area contributed by atoms with Crippen molar-refractivity contribution in [3.8, 4) is 0 Å². The lowest BCUT2D eigenvalue weighted by molar-refractivity contribution is -0.140. The van der Waals surface area contributed by atoms with E-state index in [4.69, 9.17) is 24.2 Å². The van der Waals surface area contributed by atoms with Crippen molar-refractivity contribution in [3.05, 3.63) is 68.8 Å². The van der Waals surface area contributed by atoms with E-state index >= 15 is 0 Å². The largest absolute Gasteiger partial charge is 0.469 e. The molecule has 5 aliphatic rings. The van der Waals surface area contributed by atoms with Crippen LogP contribution in [0.1, 0.15) is 128 Å². The van der Waals surface area contributed by atoms with E-state index in [0.717, 1.165) is 105 Å². The summed E-state index contributed by atoms with van der Waals surface area (Å²) in [5.74, 6) is -0.855. The number of carbonyl (C=O) groups excluding carboxylic acids is 1. The van der Waals surface area contributed by atoms with Crippen molar-refractivity contribution in [2.24, 2.45) is 5.92 Å². The Bertz CT molecular complexity index is 2040. The summed E-state index contributed by atoms with van der Waals surface area (Å²) in [6.07, 6.45) is 6.15. The molecule has 1 spiro atoms. The lowest BCUT2D eigenvalue weighted by Gasteiger charge is -2.24. The predicted molar refractivity (Wildman–Crippen MR) is 190 cm³/mol. The Balaban J connectivity index is 1.46. The van der Waals surface area contributed by atoms with Crippen molar-refractivity contribution in [3.63, 3.8) is 0 Å².